The average Bonchev–Trinajstić information content (AvgIpc) is 2.34. The molecule has 1 aromatic rings. The molecule has 1 aromatic carbocycles. The van der Waals surface area contributed by atoms with Crippen molar-refractivity contribution >= 4 is 5.97 Å². The molecule has 17 heavy (non-hydrogen) atoms. The van der Waals surface area contributed by atoms with Gasteiger partial charge in [0.15, 0.2) is 6.17 Å². The Labute approximate surface area is 101 Å². The zero-order valence-corrected chi connectivity index (χ0v) is 10.2. The van der Waals surface area contributed by atoms with E-state index in [2.05, 4.69) is 6.58 Å². The summed E-state index contributed by atoms with van der Waals surface area (Å²) in [4.78, 5) is 11.4. The van der Waals surface area contributed by atoms with E-state index in [9.17, 15) is 9.18 Å². The Hall–Kier alpha value is -1.64. The number of halogens is 1. The predicted molar refractivity (Wildman–Crippen MR) is 65.4 cm³/mol. The molecule has 0 aromatic heterocycles. The van der Waals surface area contributed by atoms with Gasteiger partial charge in [-0.15, -0.1) is 0 Å². The van der Waals surface area contributed by atoms with Crippen LogP contribution < -0.4 is 0 Å². The highest BCUT2D eigenvalue weighted by atomic mass is 19.1. The Morgan fingerprint density at radius 2 is 2.24 bits per heavy atom. The molecule has 0 N–H and O–H groups in total. The van der Waals surface area contributed by atoms with Crippen molar-refractivity contribution in [3.05, 3.63) is 47.5 Å². The molecule has 1 rings (SSSR count). The fraction of sp³-hybridized carbons (Fsp3) is 0.357. The highest BCUT2D eigenvalue weighted by Crippen LogP contribution is 2.26. The minimum Gasteiger partial charge on any atom is -0.462 e. The summed E-state index contributed by atoms with van der Waals surface area (Å²) in [7, 11) is 0. The Balaban J connectivity index is 2.72. The number of alkyl halides is 1. The Morgan fingerprint density at radius 1 is 1.53 bits per heavy atom. The SMILES string of the molecule is C=C(C(=O)OCCC)C(F)c1cccc(C)c1. The van der Waals surface area contributed by atoms with Crippen LogP contribution in [0.4, 0.5) is 4.39 Å². The second kappa shape index (κ2) is 6.18. The van der Waals surface area contributed by atoms with Gasteiger partial charge in [0.25, 0.3) is 0 Å². The number of rotatable bonds is 5. The average molecular weight is 236 g/mol. The first-order chi connectivity index (χ1) is 8.06. The molecule has 0 radical (unpaired) electrons. The van der Waals surface area contributed by atoms with Crippen LogP contribution in [0.1, 0.15) is 30.6 Å². The summed E-state index contributed by atoms with van der Waals surface area (Å²) < 4.78 is 18.8. The fourth-order valence-corrected chi connectivity index (χ4v) is 1.42. The van der Waals surface area contributed by atoms with E-state index in [1.165, 1.54) is 0 Å². The lowest BCUT2D eigenvalue weighted by molar-refractivity contribution is -0.139. The molecule has 0 aliphatic rings. The van der Waals surface area contributed by atoms with Crippen molar-refractivity contribution in [2.24, 2.45) is 0 Å². The van der Waals surface area contributed by atoms with Crippen LogP contribution in [0.2, 0.25) is 0 Å². The summed E-state index contributed by atoms with van der Waals surface area (Å²) in [5.74, 6) is -0.666. The minimum atomic E-state index is -1.50. The molecule has 0 aliphatic heterocycles. The molecular weight excluding hydrogens is 219 g/mol. The van der Waals surface area contributed by atoms with Crippen molar-refractivity contribution in [3.8, 4) is 0 Å². The summed E-state index contributed by atoms with van der Waals surface area (Å²) in [6.07, 6.45) is -0.792. The topological polar surface area (TPSA) is 26.3 Å². The molecule has 0 saturated heterocycles. The molecule has 3 heteroatoms. The second-order valence-electron chi connectivity index (χ2n) is 3.94. The van der Waals surface area contributed by atoms with E-state index in [-0.39, 0.29) is 5.57 Å². The van der Waals surface area contributed by atoms with Gasteiger partial charge >= 0.3 is 5.97 Å². The zero-order valence-electron chi connectivity index (χ0n) is 10.2. The van der Waals surface area contributed by atoms with E-state index in [4.69, 9.17) is 4.74 Å². The van der Waals surface area contributed by atoms with Crippen molar-refractivity contribution in [1.29, 1.82) is 0 Å². The van der Waals surface area contributed by atoms with Crippen LogP contribution in [0.3, 0.4) is 0 Å². The van der Waals surface area contributed by atoms with Crippen molar-refractivity contribution in [1.82, 2.24) is 0 Å². The number of ether oxygens (including phenoxy) is 1. The maximum atomic E-state index is 14.0. The van der Waals surface area contributed by atoms with E-state index in [1.54, 1.807) is 18.2 Å². The molecule has 2 nitrogen and oxygen atoms in total. The summed E-state index contributed by atoms with van der Waals surface area (Å²) >= 11 is 0. The van der Waals surface area contributed by atoms with E-state index in [0.29, 0.717) is 18.6 Å². The van der Waals surface area contributed by atoms with E-state index >= 15 is 0 Å². The highest BCUT2D eigenvalue weighted by Gasteiger charge is 2.21. The van der Waals surface area contributed by atoms with Crippen LogP contribution in [0.25, 0.3) is 0 Å². The van der Waals surface area contributed by atoms with Crippen LogP contribution in [-0.2, 0) is 9.53 Å². The molecule has 0 amide bonds. The number of aryl methyl sites for hydroxylation is 1. The Kier molecular flexibility index (Phi) is 4.88. The first kappa shape index (κ1) is 13.4. The number of hydrogen-bond acceptors (Lipinski definition) is 2. The predicted octanol–water partition coefficient (Wildman–Crippen LogP) is 3.52. The third-order valence-corrected chi connectivity index (χ3v) is 2.34. The van der Waals surface area contributed by atoms with Gasteiger partial charge in [0, 0.05) is 0 Å². The van der Waals surface area contributed by atoms with Gasteiger partial charge in [-0.25, -0.2) is 9.18 Å². The maximum Gasteiger partial charge on any atom is 0.336 e. The molecule has 0 aliphatic carbocycles. The van der Waals surface area contributed by atoms with Crippen molar-refractivity contribution in [2.75, 3.05) is 6.61 Å². The van der Waals surface area contributed by atoms with Crippen LogP contribution >= 0.6 is 0 Å². The minimum absolute atomic E-state index is 0.149. The molecule has 0 bridgehead atoms. The lowest BCUT2D eigenvalue weighted by atomic mass is 10.0. The first-order valence-electron chi connectivity index (χ1n) is 5.62. The van der Waals surface area contributed by atoms with Crippen molar-refractivity contribution < 1.29 is 13.9 Å². The first-order valence-corrected chi connectivity index (χ1v) is 5.62. The summed E-state index contributed by atoms with van der Waals surface area (Å²) in [6.45, 7) is 7.50. The quantitative estimate of drug-likeness (QED) is 0.577. The van der Waals surface area contributed by atoms with E-state index in [1.807, 2.05) is 19.9 Å². The molecule has 0 spiro atoms. The van der Waals surface area contributed by atoms with Crippen molar-refractivity contribution in [2.45, 2.75) is 26.4 Å². The fourth-order valence-electron chi connectivity index (χ4n) is 1.42. The number of carbonyl (C=O) groups excluding carboxylic acids is 1. The summed E-state index contributed by atoms with van der Waals surface area (Å²) in [5.41, 5.74) is 1.23. The Morgan fingerprint density at radius 3 is 2.82 bits per heavy atom. The molecule has 1 atom stereocenters. The van der Waals surface area contributed by atoms with Crippen molar-refractivity contribution in [3.63, 3.8) is 0 Å². The van der Waals surface area contributed by atoms with Gasteiger partial charge in [0.1, 0.15) is 0 Å². The Bertz CT molecular complexity index is 412. The molecular formula is C14H17FO2. The van der Waals surface area contributed by atoms with Crippen LogP contribution in [-0.4, -0.2) is 12.6 Å². The highest BCUT2D eigenvalue weighted by molar-refractivity contribution is 5.89. The zero-order chi connectivity index (χ0) is 12.8. The number of esters is 1. The summed E-state index contributed by atoms with van der Waals surface area (Å²) in [5, 5.41) is 0. The van der Waals surface area contributed by atoms with Crippen LogP contribution in [0, 0.1) is 6.92 Å². The lowest BCUT2D eigenvalue weighted by Gasteiger charge is -2.11. The van der Waals surface area contributed by atoms with Gasteiger partial charge in [0.2, 0.25) is 0 Å². The van der Waals surface area contributed by atoms with Gasteiger partial charge < -0.3 is 4.74 Å². The largest absolute Gasteiger partial charge is 0.462 e. The second-order valence-corrected chi connectivity index (χ2v) is 3.94. The van der Waals surface area contributed by atoms with Gasteiger partial charge in [0.05, 0.1) is 12.2 Å². The summed E-state index contributed by atoms with van der Waals surface area (Å²) in [6, 6.07) is 6.95. The van der Waals surface area contributed by atoms with Gasteiger partial charge in [-0.2, -0.15) is 0 Å². The number of hydrogen-bond donors (Lipinski definition) is 0. The van der Waals surface area contributed by atoms with E-state index in [0.717, 1.165) is 5.56 Å². The van der Waals surface area contributed by atoms with Crippen LogP contribution in [0.15, 0.2) is 36.4 Å². The molecule has 0 saturated carbocycles. The van der Waals surface area contributed by atoms with Gasteiger partial charge in [-0.05, 0) is 18.9 Å². The van der Waals surface area contributed by atoms with Gasteiger partial charge in [-0.3, -0.25) is 0 Å². The third-order valence-electron chi connectivity index (χ3n) is 2.34. The number of carbonyl (C=O) groups is 1. The monoisotopic (exact) mass is 236 g/mol. The molecule has 1 unspecified atom stereocenters. The third kappa shape index (κ3) is 3.70. The smallest absolute Gasteiger partial charge is 0.336 e. The lowest BCUT2D eigenvalue weighted by Crippen LogP contribution is -2.12. The molecule has 92 valence electrons. The van der Waals surface area contributed by atoms with Crippen LogP contribution in [0.5, 0.6) is 0 Å². The molecule has 0 fully saturated rings. The normalized spacial score (nSPS) is 11.9. The number of benzene rings is 1. The maximum absolute atomic E-state index is 14.0. The standard InChI is InChI=1S/C14H17FO2/c1-4-8-17-14(16)11(3)13(15)12-7-5-6-10(2)9-12/h5-7,9,13H,3-4,8H2,1-2H3. The van der Waals surface area contributed by atoms with Gasteiger partial charge in [-0.1, -0.05) is 43.3 Å². The van der Waals surface area contributed by atoms with E-state index < -0.39 is 12.1 Å². The molecule has 0 heterocycles.